The molecule has 1 unspecified atom stereocenters. The Labute approximate surface area is 89.6 Å². The van der Waals surface area contributed by atoms with E-state index >= 15 is 0 Å². The number of aliphatic hydroxyl groups excluding tert-OH is 1. The number of β-amino-alcohol motifs (C(OH)–C–C–N with tert-alkyl or cyclic N) is 1. The van der Waals surface area contributed by atoms with E-state index in [9.17, 15) is 9.90 Å². The molecule has 1 saturated heterocycles. The smallest absolute Gasteiger partial charge is 0.329 e. The zero-order chi connectivity index (χ0) is 11.3. The van der Waals surface area contributed by atoms with Crippen LogP contribution in [0.1, 0.15) is 19.8 Å². The first-order valence-electron chi connectivity index (χ1n) is 5.31. The highest BCUT2D eigenvalue weighted by Gasteiger charge is 2.20. The number of rotatable bonds is 5. The zero-order valence-corrected chi connectivity index (χ0v) is 9.06. The second-order valence-corrected chi connectivity index (χ2v) is 4.05. The highest BCUT2D eigenvalue weighted by Crippen LogP contribution is 2.13. The quantitative estimate of drug-likeness (QED) is 0.674. The molecule has 1 heterocycles. The zero-order valence-electron chi connectivity index (χ0n) is 9.06. The Bertz CT molecular complexity index is 200. The number of carboxylic acids is 1. The summed E-state index contributed by atoms with van der Waals surface area (Å²) >= 11 is 0. The van der Waals surface area contributed by atoms with Gasteiger partial charge in [-0.3, -0.25) is 0 Å². The summed E-state index contributed by atoms with van der Waals surface area (Å²) in [4.78, 5) is 12.5. The lowest BCUT2D eigenvalue weighted by atomic mass is 10.1. The minimum Gasteiger partial charge on any atom is -0.480 e. The predicted octanol–water partition coefficient (Wildman–Crippen LogP) is -0.0672. The van der Waals surface area contributed by atoms with Gasteiger partial charge in [-0.2, -0.15) is 0 Å². The van der Waals surface area contributed by atoms with Crippen molar-refractivity contribution in [3.8, 4) is 0 Å². The standard InChI is InChI=1S/C10H19NO4/c1-8(12)6-11-4-2-9(3-5-11)15-7-10(13)14/h8-9,12H,2-7H2,1H3,(H,13,14). The first kappa shape index (κ1) is 12.4. The summed E-state index contributed by atoms with van der Waals surface area (Å²) in [5, 5.41) is 17.6. The molecule has 1 aliphatic rings. The molecule has 0 aromatic rings. The van der Waals surface area contributed by atoms with Gasteiger partial charge < -0.3 is 19.8 Å². The lowest BCUT2D eigenvalue weighted by Crippen LogP contribution is -2.40. The number of aliphatic carboxylic acids is 1. The van der Waals surface area contributed by atoms with E-state index in [0.29, 0.717) is 6.54 Å². The molecule has 1 atom stereocenters. The van der Waals surface area contributed by atoms with Crippen LogP contribution in [0.3, 0.4) is 0 Å². The molecule has 5 nitrogen and oxygen atoms in total. The monoisotopic (exact) mass is 217 g/mol. The minimum absolute atomic E-state index is 0.0614. The number of nitrogens with zero attached hydrogens (tertiary/aromatic N) is 1. The van der Waals surface area contributed by atoms with Crippen molar-refractivity contribution >= 4 is 5.97 Å². The fourth-order valence-corrected chi connectivity index (χ4v) is 1.82. The maximum Gasteiger partial charge on any atom is 0.329 e. The summed E-state index contributed by atoms with van der Waals surface area (Å²) in [6.07, 6.45) is 1.45. The van der Waals surface area contributed by atoms with E-state index in [0.717, 1.165) is 25.9 Å². The molecule has 0 bridgehead atoms. The topological polar surface area (TPSA) is 70.0 Å². The molecule has 5 heteroatoms. The Morgan fingerprint density at radius 3 is 2.60 bits per heavy atom. The Morgan fingerprint density at radius 1 is 1.53 bits per heavy atom. The van der Waals surface area contributed by atoms with Crippen molar-refractivity contribution in [3.63, 3.8) is 0 Å². The van der Waals surface area contributed by atoms with Gasteiger partial charge in [-0.15, -0.1) is 0 Å². The van der Waals surface area contributed by atoms with Crippen molar-refractivity contribution in [1.82, 2.24) is 4.90 Å². The summed E-state index contributed by atoms with van der Waals surface area (Å²) in [6.45, 7) is 3.99. The molecule has 0 amide bonds. The lowest BCUT2D eigenvalue weighted by Gasteiger charge is -2.32. The summed E-state index contributed by atoms with van der Waals surface area (Å²) < 4.78 is 5.21. The fraction of sp³-hybridized carbons (Fsp3) is 0.900. The third-order valence-corrected chi connectivity index (χ3v) is 2.50. The van der Waals surface area contributed by atoms with Crippen LogP contribution >= 0.6 is 0 Å². The highest BCUT2D eigenvalue weighted by atomic mass is 16.5. The fourth-order valence-electron chi connectivity index (χ4n) is 1.82. The average molecular weight is 217 g/mol. The van der Waals surface area contributed by atoms with Crippen LogP contribution in [-0.2, 0) is 9.53 Å². The van der Waals surface area contributed by atoms with Crippen molar-refractivity contribution in [3.05, 3.63) is 0 Å². The second kappa shape index (κ2) is 6.05. The number of ether oxygens (including phenoxy) is 1. The van der Waals surface area contributed by atoms with E-state index in [1.807, 2.05) is 0 Å². The van der Waals surface area contributed by atoms with Gasteiger partial charge in [-0.25, -0.2) is 4.79 Å². The molecule has 0 aromatic carbocycles. The van der Waals surface area contributed by atoms with Crippen molar-refractivity contribution in [1.29, 1.82) is 0 Å². The number of carboxylic acid groups (broad SMARTS) is 1. The van der Waals surface area contributed by atoms with E-state index < -0.39 is 5.97 Å². The maximum atomic E-state index is 10.3. The number of piperidine rings is 1. The Balaban J connectivity index is 2.15. The van der Waals surface area contributed by atoms with Crippen molar-refractivity contribution in [2.24, 2.45) is 0 Å². The lowest BCUT2D eigenvalue weighted by molar-refractivity contribution is -0.145. The van der Waals surface area contributed by atoms with Crippen LogP contribution in [0.15, 0.2) is 0 Å². The number of hydrogen-bond acceptors (Lipinski definition) is 4. The van der Waals surface area contributed by atoms with Gasteiger partial charge >= 0.3 is 5.97 Å². The molecule has 1 rings (SSSR count). The molecule has 1 fully saturated rings. The number of aliphatic hydroxyl groups is 1. The molecule has 0 aliphatic carbocycles. The third-order valence-electron chi connectivity index (χ3n) is 2.50. The molecule has 0 radical (unpaired) electrons. The minimum atomic E-state index is -0.915. The van der Waals surface area contributed by atoms with E-state index in [1.165, 1.54) is 0 Å². The number of hydrogen-bond donors (Lipinski definition) is 2. The van der Waals surface area contributed by atoms with Gasteiger partial charge in [-0.1, -0.05) is 0 Å². The van der Waals surface area contributed by atoms with Crippen LogP contribution in [0.2, 0.25) is 0 Å². The second-order valence-electron chi connectivity index (χ2n) is 4.05. The number of carbonyl (C=O) groups is 1. The van der Waals surface area contributed by atoms with E-state index in [4.69, 9.17) is 9.84 Å². The maximum absolute atomic E-state index is 10.3. The van der Waals surface area contributed by atoms with Crippen LogP contribution in [-0.4, -0.2) is 59.5 Å². The molecule has 88 valence electrons. The summed E-state index contributed by atoms with van der Waals surface area (Å²) in [5.74, 6) is -0.915. The van der Waals surface area contributed by atoms with Crippen molar-refractivity contribution < 1.29 is 19.7 Å². The molecule has 1 aliphatic heterocycles. The summed E-state index contributed by atoms with van der Waals surface area (Å²) in [5.41, 5.74) is 0. The Morgan fingerprint density at radius 2 is 2.13 bits per heavy atom. The van der Waals surface area contributed by atoms with Crippen LogP contribution in [0, 0.1) is 0 Å². The van der Waals surface area contributed by atoms with Crippen LogP contribution < -0.4 is 0 Å². The van der Waals surface area contributed by atoms with Crippen LogP contribution in [0.25, 0.3) is 0 Å². The van der Waals surface area contributed by atoms with E-state index in [2.05, 4.69) is 4.90 Å². The molecular formula is C10H19NO4. The predicted molar refractivity (Wildman–Crippen MR) is 54.7 cm³/mol. The van der Waals surface area contributed by atoms with E-state index in [1.54, 1.807) is 6.92 Å². The van der Waals surface area contributed by atoms with Gasteiger partial charge in [0, 0.05) is 19.6 Å². The first-order valence-corrected chi connectivity index (χ1v) is 5.31. The molecule has 0 spiro atoms. The van der Waals surface area contributed by atoms with Crippen molar-refractivity contribution in [2.45, 2.75) is 32.0 Å². The van der Waals surface area contributed by atoms with Gasteiger partial charge in [-0.05, 0) is 19.8 Å². The molecule has 0 saturated carbocycles. The van der Waals surface area contributed by atoms with E-state index in [-0.39, 0.29) is 18.8 Å². The van der Waals surface area contributed by atoms with Gasteiger partial charge in [0.25, 0.3) is 0 Å². The van der Waals surface area contributed by atoms with Gasteiger partial charge in [0.2, 0.25) is 0 Å². The molecule has 2 N–H and O–H groups in total. The van der Waals surface area contributed by atoms with Crippen LogP contribution in [0.5, 0.6) is 0 Å². The van der Waals surface area contributed by atoms with Gasteiger partial charge in [0.05, 0.1) is 12.2 Å². The SMILES string of the molecule is CC(O)CN1CCC(OCC(=O)O)CC1. The van der Waals surface area contributed by atoms with Gasteiger partial charge in [0.1, 0.15) is 6.61 Å². The third kappa shape index (κ3) is 5.11. The van der Waals surface area contributed by atoms with Crippen LogP contribution in [0.4, 0.5) is 0 Å². The Kier molecular flexibility index (Phi) is 5.01. The largest absolute Gasteiger partial charge is 0.480 e. The molecule has 15 heavy (non-hydrogen) atoms. The Hall–Kier alpha value is -0.650. The average Bonchev–Trinajstić information content (AvgIpc) is 2.16. The molecule has 0 aromatic heterocycles. The van der Waals surface area contributed by atoms with Crippen molar-refractivity contribution in [2.75, 3.05) is 26.2 Å². The molecular weight excluding hydrogens is 198 g/mol. The summed E-state index contributed by atoms with van der Waals surface area (Å²) in [6, 6.07) is 0. The van der Waals surface area contributed by atoms with Gasteiger partial charge in [0.15, 0.2) is 0 Å². The number of likely N-dealkylation sites (tertiary alicyclic amines) is 1. The first-order chi connectivity index (χ1) is 7.08. The summed E-state index contributed by atoms with van der Waals surface area (Å²) in [7, 11) is 0. The highest BCUT2D eigenvalue weighted by molar-refractivity contribution is 5.68. The normalized spacial score (nSPS) is 21.5.